The Hall–Kier alpha value is -2.70. The molecule has 1 fully saturated rings. The number of primary amides is 1. The molecule has 1 unspecified atom stereocenters. The zero-order valence-electron chi connectivity index (χ0n) is 13.8. The van der Waals surface area contributed by atoms with Gasteiger partial charge < -0.3 is 15.5 Å². The van der Waals surface area contributed by atoms with Crippen LogP contribution in [0, 0.1) is 0 Å². The quantitative estimate of drug-likeness (QED) is 0.852. The Balaban J connectivity index is 1.69. The summed E-state index contributed by atoms with van der Waals surface area (Å²) in [4.78, 5) is 28.6. The predicted octanol–water partition coefficient (Wildman–Crippen LogP) is 1.00. The Bertz CT molecular complexity index is 692. The van der Waals surface area contributed by atoms with Crippen molar-refractivity contribution < 1.29 is 4.79 Å². The van der Waals surface area contributed by atoms with Gasteiger partial charge in [-0.25, -0.2) is 9.97 Å². The van der Waals surface area contributed by atoms with Crippen molar-refractivity contribution in [1.29, 1.82) is 0 Å². The van der Waals surface area contributed by atoms with Gasteiger partial charge in [-0.1, -0.05) is 6.07 Å². The molecule has 126 valence electrons. The summed E-state index contributed by atoms with van der Waals surface area (Å²) in [5.74, 6) is 1.29. The molecule has 1 saturated heterocycles. The lowest BCUT2D eigenvalue weighted by atomic mass is 10.2. The van der Waals surface area contributed by atoms with Crippen LogP contribution in [0.5, 0.6) is 0 Å². The number of nitrogens with two attached hydrogens (primary N) is 1. The average molecular weight is 326 g/mol. The summed E-state index contributed by atoms with van der Waals surface area (Å²) in [6.45, 7) is 1.59. The fourth-order valence-electron chi connectivity index (χ4n) is 2.98. The standard InChI is InChI=1S/C17H22N6O/c1-22(10-7-13-5-2-3-8-19-13)15-11-16(21-12-20-15)23-9-4-6-14(23)17(18)24/h2-3,5,8,11-12,14H,4,6-7,9-10H2,1H3,(H2,18,24). The van der Waals surface area contributed by atoms with Gasteiger partial charge in [0.05, 0.1) is 0 Å². The molecule has 1 atom stereocenters. The molecule has 2 N–H and O–H groups in total. The third-order valence-corrected chi connectivity index (χ3v) is 4.33. The van der Waals surface area contributed by atoms with Crippen molar-refractivity contribution in [2.24, 2.45) is 5.73 Å². The van der Waals surface area contributed by atoms with E-state index in [0.29, 0.717) is 0 Å². The summed E-state index contributed by atoms with van der Waals surface area (Å²) >= 11 is 0. The van der Waals surface area contributed by atoms with Crippen molar-refractivity contribution in [1.82, 2.24) is 15.0 Å². The molecule has 1 aliphatic heterocycles. The Morgan fingerprint density at radius 1 is 1.38 bits per heavy atom. The number of anilines is 2. The second kappa shape index (κ2) is 7.25. The van der Waals surface area contributed by atoms with Gasteiger partial charge >= 0.3 is 0 Å². The van der Waals surface area contributed by atoms with Crippen LogP contribution in [0.25, 0.3) is 0 Å². The first kappa shape index (κ1) is 16.2. The molecule has 24 heavy (non-hydrogen) atoms. The summed E-state index contributed by atoms with van der Waals surface area (Å²) in [6.07, 6.45) is 5.91. The van der Waals surface area contributed by atoms with E-state index in [1.165, 1.54) is 6.33 Å². The van der Waals surface area contributed by atoms with E-state index in [4.69, 9.17) is 5.73 Å². The second-order valence-corrected chi connectivity index (χ2v) is 5.98. The number of carbonyl (C=O) groups is 1. The first-order valence-electron chi connectivity index (χ1n) is 8.14. The van der Waals surface area contributed by atoms with E-state index in [0.717, 1.165) is 49.7 Å². The third-order valence-electron chi connectivity index (χ3n) is 4.33. The van der Waals surface area contributed by atoms with Gasteiger partial charge in [-0.05, 0) is 25.0 Å². The summed E-state index contributed by atoms with van der Waals surface area (Å²) in [7, 11) is 1.99. The fourth-order valence-corrected chi connectivity index (χ4v) is 2.98. The van der Waals surface area contributed by atoms with Gasteiger partial charge in [-0.3, -0.25) is 9.78 Å². The first-order valence-corrected chi connectivity index (χ1v) is 8.14. The van der Waals surface area contributed by atoms with Crippen LogP contribution in [0.3, 0.4) is 0 Å². The van der Waals surface area contributed by atoms with E-state index < -0.39 is 0 Å². The van der Waals surface area contributed by atoms with E-state index in [1.807, 2.05) is 36.2 Å². The third kappa shape index (κ3) is 3.61. The molecule has 7 heteroatoms. The van der Waals surface area contributed by atoms with E-state index in [9.17, 15) is 4.79 Å². The van der Waals surface area contributed by atoms with Crippen LogP contribution in [0.4, 0.5) is 11.6 Å². The molecule has 0 saturated carbocycles. The number of likely N-dealkylation sites (N-methyl/N-ethyl adjacent to an activating group) is 1. The maximum absolute atomic E-state index is 11.6. The minimum Gasteiger partial charge on any atom is -0.368 e. The Morgan fingerprint density at radius 2 is 2.25 bits per heavy atom. The predicted molar refractivity (Wildman–Crippen MR) is 92.8 cm³/mol. The number of nitrogens with zero attached hydrogens (tertiary/aromatic N) is 5. The molecule has 2 aromatic rings. The summed E-state index contributed by atoms with van der Waals surface area (Å²) in [5.41, 5.74) is 6.54. The maximum Gasteiger partial charge on any atom is 0.240 e. The SMILES string of the molecule is CN(CCc1ccccn1)c1cc(N2CCCC2C(N)=O)ncn1. The Kier molecular flexibility index (Phi) is 4.88. The van der Waals surface area contributed by atoms with Gasteiger partial charge in [-0.2, -0.15) is 0 Å². The molecule has 0 radical (unpaired) electrons. The van der Waals surface area contributed by atoms with Crippen molar-refractivity contribution in [3.63, 3.8) is 0 Å². The first-order chi connectivity index (χ1) is 11.6. The van der Waals surface area contributed by atoms with E-state index in [2.05, 4.69) is 19.9 Å². The summed E-state index contributed by atoms with van der Waals surface area (Å²) in [5, 5.41) is 0. The highest BCUT2D eigenvalue weighted by Gasteiger charge is 2.30. The highest BCUT2D eigenvalue weighted by Crippen LogP contribution is 2.25. The number of rotatable bonds is 6. The number of carbonyl (C=O) groups excluding carboxylic acids is 1. The lowest BCUT2D eigenvalue weighted by Crippen LogP contribution is -2.40. The van der Waals surface area contributed by atoms with Gasteiger partial charge in [0.2, 0.25) is 5.91 Å². The number of amides is 1. The molecule has 7 nitrogen and oxygen atoms in total. The van der Waals surface area contributed by atoms with Gasteiger partial charge in [0, 0.05) is 44.5 Å². The monoisotopic (exact) mass is 326 g/mol. The van der Waals surface area contributed by atoms with E-state index in [-0.39, 0.29) is 11.9 Å². The van der Waals surface area contributed by atoms with Gasteiger partial charge in [0.25, 0.3) is 0 Å². The van der Waals surface area contributed by atoms with Crippen LogP contribution in [-0.4, -0.2) is 47.0 Å². The smallest absolute Gasteiger partial charge is 0.240 e. The molecule has 1 aliphatic rings. The molecule has 1 amide bonds. The Labute approximate surface area is 141 Å². The topological polar surface area (TPSA) is 88.2 Å². The maximum atomic E-state index is 11.6. The van der Waals surface area contributed by atoms with Crippen LogP contribution < -0.4 is 15.5 Å². The highest BCUT2D eigenvalue weighted by atomic mass is 16.1. The van der Waals surface area contributed by atoms with E-state index in [1.54, 1.807) is 6.20 Å². The van der Waals surface area contributed by atoms with Crippen molar-refractivity contribution in [3.8, 4) is 0 Å². The number of pyridine rings is 1. The van der Waals surface area contributed by atoms with Gasteiger partial charge in [-0.15, -0.1) is 0 Å². The minimum atomic E-state index is -0.295. The van der Waals surface area contributed by atoms with Gasteiger partial charge in [0.1, 0.15) is 24.0 Å². The van der Waals surface area contributed by atoms with Crippen LogP contribution >= 0.6 is 0 Å². The zero-order chi connectivity index (χ0) is 16.9. The highest BCUT2D eigenvalue weighted by molar-refractivity contribution is 5.84. The van der Waals surface area contributed by atoms with Crippen molar-refractivity contribution in [2.45, 2.75) is 25.3 Å². The lowest BCUT2D eigenvalue weighted by molar-refractivity contribution is -0.119. The molecular formula is C17H22N6O. The molecule has 2 aromatic heterocycles. The number of aromatic nitrogens is 3. The summed E-state index contributed by atoms with van der Waals surface area (Å²) < 4.78 is 0. The van der Waals surface area contributed by atoms with Crippen LogP contribution in [0.1, 0.15) is 18.5 Å². The lowest BCUT2D eigenvalue weighted by Gasteiger charge is -2.25. The van der Waals surface area contributed by atoms with Gasteiger partial charge in [0.15, 0.2) is 0 Å². The average Bonchev–Trinajstić information content (AvgIpc) is 3.11. The van der Waals surface area contributed by atoms with E-state index >= 15 is 0 Å². The molecule has 0 bridgehead atoms. The van der Waals surface area contributed by atoms with Crippen LogP contribution in [0.15, 0.2) is 36.8 Å². The largest absolute Gasteiger partial charge is 0.368 e. The molecule has 0 aliphatic carbocycles. The molecule has 3 heterocycles. The molecular weight excluding hydrogens is 304 g/mol. The molecule has 0 spiro atoms. The second-order valence-electron chi connectivity index (χ2n) is 5.98. The fraction of sp³-hybridized carbons (Fsp3) is 0.412. The molecule has 3 rings (SSSR count). The summed E-state index contributed by atoms with van der Waals surface area (Å²) in [6, 6.07) is 7.56. The number of hydrogen-bond donors (Lipinski definition) is 1. The molecule has 0 aromatic carbocycles. The Morgan fingerprint density at radius 3 is 3.00 bits per heavy atom. The van der Waals surface area contributed by atoms with Crippen LogP contribution in [0.2, 0.25) is 0 Å². The van der Waals surface area contributed by atoms with Crippen molar-refractivity contribution >= 4 is 17.5 Å². The van der Waals surface area contributed by atoms with Crippen molar-refractivity contribution in [2.75, 3.05) is 29.9 Å². The number of hydrogen-bond acceptors (Lipinski definition) is 6. The normalized spacial score (nSPS) is 17.0. The zero-order valence-corrected chi connectivity index (χ0v) is 13.8. The van der Waals surface area contributed by atoms with Crippen LogP contribution in [-0.2, 0) is 11.2 Å². The van der Waals surface area contributed by atoms with Crippen molar-refractivity contribution in [3.05, 3.63) is 42.5 Å². The minimum absolute atomic E-state index is 0.272.